The van der Waals surface area contributed by atoms with Crippen LogP contribution in [0.2, 0.25) is 0 Å². The summed E-state index contributed by atoms with van der Waals surface area (Å²) in [5, 5.41) is 10.5. The maximum absolute atomic E-state index is 12.4. The fourth-order valence-corrected chi connectivity index (χ4v) is 4.71. The maximum atomic E-state index is 12.4. The molecule has 1 aliphatic carbocycles. The van der Waals surface area contributed by atoms with Crippen LogP contribution in [0.4, 0.5) is 0 Å². The van der Waals surface area contributed by atoms with Crippen LogP contribution in [0, 0.1) is 0 Å². The highest BCUT2D eigenvalue weighted by Crippen LogP contribution is 2.43. The molecule has 1 aliphatic heterocycles. The van der Waals surface area contributed by atoms with Crippen LogP contribution in [0.5, 0.6) is 0 Å². The Morgan fingerprint density at radius 3 is 2.65 bits per heavy atom. The molecule has 1 fully saturated rings. The quantitative estimate of drug-likeness (QED) is 0.649. The summed E-state index contributed by atoms with van der Waals surface area (Å²) in [5.41, 5.74) is 1.61. The second kappa shape index (κ2) is 6.04. The number of benzene rings is 1. The lowest BCUT2D eigenvalue weighted by Crippen LogP contribution is -2.57. The van der Waals surface area contributed by atoms with Crippen LogP contribution in [-0.2, 0) is 14.9 Å². The number of carbonyl (C=O) groups excluding carboxylic acids is 1. The van der Waals surface area contributed by atoms with Crippen LogP contribution in [0.15, 0.2) is 41.3 Å². The van der Waals surface area contributed by atoms with Gasteiger partial charge in [-0.05, 0) is 37.0 Å². The number of sulfonamides is 1. The Kier molecular flexibility index (Phi) is 4.24. The second-order valence-corrected chi connectivity index (χ2v) is 7.33. The van der Waals surface area contributed by atoms with Gasteiger partial charge in [-0.15, -0.1) is 0 Å². The van der Waals surface area contributed by atoms with Crippen LogP contribution in [0.3, 0.4) is 0 Å². The molecule has 8 heteroatoms. The van der Waals surface area contributed by atoms with E-state index in [1.807, 2.05) is 0 Å². The molecular formula is C15H18N2O5S. The summed E-state index contributed by atoms with van der Waals surface area (Å²) in [6.45, 7) is 0. The lowest BCUT2D eigenvalue weighted by atomic mass is 10.0. The molecule has 1 atom stereocenters. The Hall–Kier alpha value is -1.74. The van der Waals surface area contributed by atoms with Gasteiger partial charge in [0.15, 0.2) is 0 Å². The van der Waals surface area contributed by atoms with Gasteiger partial charge in [0, 0.05) is 12.0 Å². The van der Waals surface area contributed by atoms with Crippen LogP contribution < -0.4 is 5.43 Å². The van der Waals surface area contributed by atoms with Gasteiger partial charge in [0.2, 0.25) is 5.72 Å². The Labute approximate surface area is 134 Å². The van der Waals surface area contributed by atoms with Crippen molar-refractivity contribution in [1.29, 1.82) is 0 Å². The second-order valence-electron chi connectivity index (χ2n) is 5.70. The van der Waals surface area contributed by atoms with Gasteiger partial charge in [-0.3, -0.25) is 10.2 Å². The van der Waals surface area contributed by atoms with Crippen molar-refractivity contribution in [3.8, 4) is 0 Å². The smallest absolute Gasteiger partial charge is 0.266 e. The van der Waals surface area contributed by atoms with Gasteiger partial charge in [-0.25, -0.2) is 18.6 Å². The molecular weight excluding hydrogens is 320 g/mol. The lowest BCUT2D eigenvalue weighted by Gasteiger charge is -2.35. The summed E-state index contributed by atoms with van der Waals surface area (Å²) in [6, 6.07) is 8.27. The summed E-state index contributed by atoms with van der Waals surface area (Å²) in [7, 11) is -3.91. The predicted molar refractivity (Wildman–Crippen MR) is 82.3 cm³/mol. The van der Waals surface area contributed by atoms with E-state index in [4.69, 9.17) is 0 Å². The molecule has 1 aromatic rings. The number of rotatable bonds is 3. The van der Waals surface area contributed by atoms with Gasteiger partial charge in [-0.1, -0.05) is 29.0 Å². The predicted octanol–water partition coefficient (Wildman–Crippen LogP) is 2.01. The van der Waals surface area contributed by atoms with Gasteiger partial charge in [0.25, 0.3) is 15.9 Å². The van der Waals surface area contributed by atoms with E-state index in [-0.39, 0.29) is 6.42 Å². The zero-order chi connectivity index (χ0) is 16.5. The molecule has 7 nitrogen and oxygen atoms in total. The van der Waals surface area contributed by atoms with E-state index in [1.165, 1.54) is 0 Å². The maximum Gasteiger partial charge on any atom is 0.266 e. The van der Waals surface area contributed by atoms with Crippen LogP contribution in [-0.4, -0.2) is 29.7 Å². The molecule has 3 rings (SSSR count). The van der Waals surface area contributed by atoms with E-state index >= 15 is 0 Å². The number of fused-ring (bicyclic) bond motifs is 1. The molecule has 0 aromatic heterocycles. The Morgan fingerprint density at radius 2 is 1.96 bits per heavy atom. The standard InChI is InChI=1S/C15H18N2O5S/c18-14(12-7-3-1-4-8-12)16-17-15(22-19)10-6-2-5-9-13(15)11-23(17,20)21/h1,3-4,7-8,11,19H,2,5-6,9-10H2,(H,16,18)/t15-/m1/s1. The minimum atomic E-state index is -3.91. The molecule has 1 saturated carbocycles. The zero-order valence-electron chi connectivity index (χ0n) is 12.4. The Bertz CT molecular complexity index is 731. The number of nitrogens with zero attached hydrogens (tertiary/aromatic N) is 1. The molecule has 0 radical (unpaired) electrons. The molecule has 2 aliphatic rings. The van der Waals surface area contributed by atoms with E-state index < -0.39 is 21.7 Å². The molecule has 0 spiro atoms. The third-order valence-corrected chi connectivity index (χ3v) is 5.70. The lowest BCUT2D eigenvalue weighted by molar-refractivity contribution is -0.343. The Balaban J connectivity index is 1.95. The number of carbonyl (C=O) groups is 1. The van der Waals surface area contributed by atoms with Crippen molar-refractivity contribution in [2.24, 2.45) is 0 Å². The minimum absolute atomic E-state index is 0.281. The van der Waals surface area contributed by atoms with Crippen molar-refractivity contribution in [1.82, 2.24) is 9.84 Å². The van der Waals surface area contributed by atoms with Gasteiger partial charge < -0.3 is 0 Å². The zero-order valence-corrected chi connectivity index (χ0v) is 13.3. The summed E-state index contributed by atoms with van der Waals surface area (Å²) in [4.78, 5) is 17.0. The van der Waals surface area contributed by atoms with Crippen molar-refractivity contribution in [2.45, 2.75) is 37.8 Å². The van der Waals surface area contributed by atoms with Gasteiger partial charge in [0.05, 0.1) is 5.41 Å². The van der Waals surface area contributed by atoms with Crippen molar-refractivity contribution < 1.29 is 23.4 Å². The van der Waals surface area contributed by atoms with Gasteiger partial charge in [-0.2, -0.15) is 0 Å². The monoisotopic (exact) mass is 338 g/mol. The average molecular weight is 338 g/mol. The number of hydrogen-bond donors (Lipinski definition) is 2. The van der Waals surface area contributed by atoms with Crippen LogP contribution in [0.1, 0.15) is 42.5 Å². The summed E-state index contributed by atoms with van der Waals surface area (Å²) in [5.74, 6) is -0.579. The number of hydrogen-bond acceptors (Lipinski definition) is 5. The molecule has 0 unspecified atom stereocenters. The molecule has 1 aromatic carbocycles. The number of nitrogens with one attached hydrogen (secondary N) is 1. The normalized spacial score (nSPS) is 26.9. The first-order valence-corrected chi connectivity index (χ1v) is 8.95. The molecule has 1 amide bonds. The first-order valence-electron chi connectivity index (χ1n) is 7.45. The summed E-state index contributed by atoms with van der Waals surface area (Å²) >= 11 is 0. The molecule has 2 N–H and O–H groups in total. The molecule has 0 saturated heterocycles. The fraction of sp³-hybridized carbons (Fsp3) is 0.400. The number of amides is 1. The van der Waals surface area contributed by atoms with E-state index in [9.17, 15) is 18.5 Å². The van der Waals surface area contributed by atoms with Crippen molar-refractivity contribution in [2.75, 3.05) is 0 Å². The minimum Gasteiger partial charge on any atom is -0.268 e. The third-order valence-electron chi connectivity index (χ3n) is 4.23. The van der Waals surface area contributed by atoms with Crippen molar-refractivity contribution >= 4 is 15.9 Å². The SMILES string of the molecule is O=C(NN1[C@@]2(OO)CCCCCC2=CS1(=O)=O)c1ccccc1. The molecule has 23 heavy (non-hydrogen) atoms. The topological polar surface area (TPSA) is 95.9 Å². The van der Waals surface area contributed by atoms with Crippen LogP contribution in [0.25, 0.3) is 0 Å². The highest BCUT2D eigenvalue weighted by molar-refractivity contribution is 7.92. The largest absolute Gasteiger partial charge is 0.268 e. The highest BCUT2D eigenvalue weighted by atomic mass is 32.2. The van der Waals surface area contributed by atoms with E-state index in [0.717, 1.165) is 22.7 Å². The first kappa shape index (κ1) is 16.1. The van der Waals surface area contributed by atoms with Crippen molar-refractivity contribution in [3.05, 3.63) is 46.9 Å². The van der Waals surface area contributed by atoms with Gasteiger partial charge in [0.1, 0.15) is 0 Å². The average Bonchev–Trinajstić information content (AvgIpc) is 2.68. The van der Waals surface area contributed by atoms with Crippen LogP contribution >= 0.6 is 0 Å². The molecule has 124 valence electrons. The van der Waals surface area contributed by atoms with E-state index in [0.29, 0.717) is 24.0 Å². The van der Waals surface area contributed by atoms with E-state index in [2.05, 4.69) is 10.3 Å². The fourth-order valence-electron chi connectivity index (χ4n) is 3.08. The number of hydrazine groups is 1. The van der Waals surface area contributed by atoms with Crippen molar-refractivity contribution in [3.63, 3.8) is 0 Å². The van der Waals surface area contributed by atoms with E-state index in [1.54, 1.807) is 30.3 Å². The summed E-state index contributed by atoms with van der Waals surface area (Å²) in [6.07, 6.45) is 3.18. The highest BCUT2D eigenvalue weighted by Gasteiger charge is 2.54. The summed E-state index contributed by atoms with van der Waals surface area (Å²) < 4.78 is 25.6. The molecule has 0 bridgehead atoms. The Morgan fingerprint density at radius 1 is 1.22 bits per heavy atom. The third kappa shape index (κ3) is 2.78. The van der Waals surface area contributed by atoms with Gasteiger partial charge >= 0.3 is 0 Å². The molecule has 1 heterocycles. The first-order chi connectivity index (χ1) is 11.0.